The zero-order valence-electron chi connectivity index (χ0n) is 13.5. The Morgan fingerprint density at radius 2 is 2.04 bits per heavy atom. The van der Waals surface area contributed by atoms with E-state index in [0.29, 0.717) is 6.61 Å². The molecule has 0 N–H and O–H groups in total. The van der Waals surface area contributed by atoms with Crippen LogP contribution >= 0.6 is 0 Å². The molecule has 126 valence electrons. The summed E-state index contributed by atoms with van der Waals surface area (Å²) < 4.78 is 25.3. The van der Waals surface area contributed by atoms with Gasteiger partial charge in [-0.1, -0.05) is 30.3 Å². The van der Waals surface area contributed by atoms with Crippen molar-refractivity contribution in [2.75, 3.05) is 26.3 Å². The first-order valence-corrected chi connectivity index (χ1v) is 8.39. The summed E-state index contributed by atoms with van der Waals surface area (Å²) >= 11 is 0. The summed E-state index contributed by atoms with van der Waals surface area (Å²) in [6, 6.07) is 13.4. The first-order valence-electron chi connectivity index (χ1n) is 8.39. The van der Waals surface area contributed by atoms with Gasteiger partial charge < -0.3 is 9.47 Å². The van der Waals surface area contributed by atoms with Crippen molar-refractivity contribution < 1.29 is 13.9 Å². The van der Waals surface area contributed by atoms with Gasteiger partial charge in [0, 0.05) is 38.4 Å². The highest BCUT2D eigenvalue weighted by atomic mass is 19.1. The molecule has 0 aliphatic carbocycles. The molecule has 0 saturated carbocycles. The lowest BCUT2D eigenvalue weighted by Crippen LogP contribution is -2.64. The molecule has 0 amide bonds. The third kappa shape index (κ3) is 3.01. The van der Waals surface area contributed by atoms with Crippen LogP contribution in [0.1, 0.15) is 12.0 Å². The summed E-state index contributed by atoms with van der Waals surface area (Å²) in [7, 11) is 0. The summed E-state index contributed by atoms with van der Waals surface area (Å²) in [5.74, 6) is -0.0456. The van der Waals surface area contributed by atoms with Crippen molar-refractivity contribution in [3.63, 3.8) is 0 Å². The molecule has 4 rings (SSSR count). The minimum atomic E-state index is -0.412. The summed E-state index contributed by atoms with van der Waals surface area (Å²) in [6.07, 6.45) is 2.50. The van der Waals surface area contributed by atoms with Crippen LogP contribution in [-0.2, 0) is 11.3 Å². The van der Waals surface area contributed by atoms with E-state index in [-0.39, 0.29) is 17.4 Å². The highest BCUT2D eigenvalue weighted by Gasteiger charge is 2.53. The van der Waals surface area contributed by atoms with Gasteiger partial charge in [-0.15, -0.1) is 0 Å². The minimum Gasteiger partial charge on any atom is -0.475 e. The topological polar surface area (TPSA) is 34.6 Å². The number of nitrogens with zero attached hydrogens (tertiary/aromatic N) is 2. The molecule has 3 heterocycles. The first kappa shape index (κ1) is 15.5. The molecule has 5 heteroatoms. The lowest BCUT2D eigenvalue weighted by atomic mass is 9.81. The molecule has 24 heavy (non-hydrogen) atoms. The average molecular weight is 328 g/mol. The van der Waals surface area contributed by atoms with Crippen molar-refractivity contribution in [3.8, 4) is 5.88 Å². The Morgan fingerprint density at radius 1 is 1.21 bits per heavy atom. The number of rotatable bonds is 5. The maximum Gasteiger partial charge on any atom is 0.250 e. The second kappa shape index (κ2) is 6.49. The van der Waals surface area contributed by atoms with E-state index in [2.05, 4.69) is 34.1 Å². The number of ether oxygens (including phenoxy) is 2. The third-order valence-electron chi connectivity index (χ3n) is 4.98. The van der Waals surface area contributed by atoms with Crippen LogP contribution < -0.4 is 4.74 Å². The van der Waals surface area contributed by atoms with E-state index < -0.39 is 5.82 Å². The van der Waals surface area contributed by atoms with Crippen LogP contribution in [0.4, 0.5) is 4.39 Å². The highest BCUT2D eigenvalue weighted by Crippen LogP contribution is 2.40. The Bertz CT molecular complexity index is 689. The van der Waals surface area contributed by atoms with Crippen LogP contribution in [0.2, 0.25) is 0 Å². The number of halogens is 1. The second-order valence-electron chi connectivity index (χ2n) is 6.63. The normalized spacial score (nSPS) is 22.5. The van der Waals surface area contributed by atoms with Gasteiger partial charge >= 0.3 is 0 Å². The van der Waals surface area contributed by atoms with Gasteiger partial charge in [-0.25, -0.2) is 9.37 Å². The van der Waals surface area contributed by atoms with Crippen molar-refractivity contribution >= 4 is 0 Å². The molecule has 2 aliphatic rings. The van der Waals surface area contributed by atoms with Crippen molar-refractivity contribution in [3.05, 3.63) is 60.0 Å². The summed E-state index contributed by atoms with van der Waals surface area (Å²) in [5.41, 5.74) is 1.17. The maximum absolute atomic E-state index is 13.6. The first-order chi connectivity index (χ1) is 11.8. The molecule has 0 bridgehead atoms. The molecule has 1 atom stereocenters. The number of aromatic nitrogens is 1. The fourth-order valence-electron chi connectivity index (χ4n) is 3.69. The molecule has 0 radical (unpaired) electrons. The predicted octanol–water partition coefficient (Wildman–Crippen LogP) is 2.89. The fourth-order valence-corrected chi connectivity index (χ4v) is 3.69. The molecule has 2 aliphatic heterocycles. The Morgan fingerprint density at radius 3 is 2.83 bits per heavy atom. The van der Waals surface area contributed by atoms with Crippen molar-refractivity contribution in [1.82, 2.24) is 9.88 Å². The van der Waals surface area contributed by atoms with Gasteiger partial charge in [-0.3, -0.25) is 4.90 Å². The van der Waals surface area contributed by atoms with Crippen LogP contribution in [-0.4, -0.2) is 41.8 Å². The van der Waals surface area contributed by atoms with Gasteiger partial charge in [-0.2, -0.15) is 0 Å². The van der Waals surface area contributed by atoms with Crippen molar-refractivity contribution in [2.45, 2.75) is 18.6 Å². The molecule has 1 spiro atoms. The third-order valence-corrected chi connectivity index (χ3v) is 4.98. The zero-order chi connectivity index (χ0) is 16.4. The van der Waals surface area contributed by atoms with E-state index in [9.17, 15) is 4.39 Å². The fraction of sp³-hybridized carbons (Fsp3) is 0.421. The van der Waals surface area contributed by atoms with Gasteiger partial charge in [0.2, 0.25) is 5.88 Å². The number of hydrogen-bond acceptors (Lipinski definition) is 4. The summed E-state index contributed by atoms with van der Waals surface area (Å²) in [6.45, 7) is 3.95. The van der Waals surface area contributed by atoms with E-state index in [0.717, 1.165) is 32.7 Å². The molecule has 1 aromatic heterocycles. The second-order valence-corrected chi connectivity index (χ2v) is 6.63. The van der Waals surface area contributed by atoms with Gasteiger partial charge in [-0.05, 0) is 24.1 Å². The molecule has 2 saturated heterocycles. The zero-order valence-corrected chi connectivity index (χ0v) is 13.5. The van der Waals surface area contributed by atoms with Crippen molar-refractivity contribution in [2.24, 2.45) is 5.92 Å². The molecule has 2 fully saturated rings. The predicted molar refractivity (Wildman–Crippen MR) is 88.2 cm³/mol. The van der Waals surface area contributed by atoms with E-state index >= 15 is 0 Å². The Hall–Kier alpha value is -1.98. The van der Waals surface area contributed by atoms with Crippen LogP contribution in [0.5, 0.6) is 5.88 Å². The van der Waals surface area contributed by atoms with Crippen LogP contribution in [0.25, 0.3) is 0 Å². The lowest BCUT2D eigenvalue weighted by Gasteiger charge is -2.50. The largest absolute Gasteiger partial charge is 0.475 e. The van der Waals surface area contributed by atoms with Gasteiger partial charge in [0.05, 0.1) is 12.2 Å². The van der Waals surface area contributed by atoms with E-state index in [4.69, 9.17) is 9.47 Å². The smallest absolute Gasteiger partial charge is 0.250 e. The SMILES string of the molecule is Fc1cccnc1OC[C@@H]1CCOC12CN(Cc1ccccc1)C2. The quantitative estimate of drug-likeness (QED) is 0.845. The Labute approximate surface area is 141 Å². The monoisotopic (exact) mass is 328 g/mol. The maximum atomic E-state index is 13.6. The standard InChI is InChI=1S/C19H21FN2O2/c20-17-7-4-9-21-18(17)23-12-16-8-10-24-19(16)13-22(14-19)11-15-5-2-1-3-6-15/h1-7,9,16H,8,10-14H2/t16-/m0/s1. The van der Waals surface area contributed by atoms with E-state index in [1.54, 1.807) is 12.3 Å². The Kier molecular flexibility index (Phi) is 4.21. The van der Waals surface area contributed by atoms with Crippen LogP contribution in [0.15, 0.2) is 48.7 Å². The van der Waals surface area contributed by atoms with Gasteiger partial charge in [0.15, 0.2) is 5.82 Å². The van der Waals surface area contributed by atoms with Gasteiger partial charge in [0.1, 0.15) is 0 Å². The summed E-state index contributed by atoms with van der Waals surface area (Å²) in [5, 5.41) is 0. The van der Waals surface area contributed by atoms with Crippen LogP contribution in [0.3, 0.4) is 0 Å². The number of likely N-dealkylation sites (tertiary alicyclic amines) is 1. The molecule has 1 aromatic carbocycles. The highest BCUT2D eigenvalue weighted by molar-refractivity contribution is 5.17. The van der Waals surface area contributed by atoms with E-state index in [1.165, 1.54) is 11.6 Å². The molecule has 2 aromatic rings. The van der Waals surface area contributed by atoms with Crippen LogP contribution in [0, 0.1) is 11.7 Å². The minimum absolute atomic E-state index is 0.0833. The Balaban J connectivity index is 1.34. The number of hydrogen-bond donors (Lipinski definition) is 0. The summed E-state index contributed by atoms with van der Waals surface area (Å²) in [4.78, 5) is 6.34. The molecular formula is C19H21FN2O2. The van der Waals surface area contributed by atoms with E-state index in [1.807, 2.05) is 6.07 Å². The average Bonchev–Trinajstić information content (AvgIpc) is 2.99. The molecular weight excluding hydrogens is 307 g/mol. The lowest BCUT2D eigenvalue weighted by molar-refractivity contribution is -0.140. The van der Waals surface area contributed by atoms with Gasteiger partial charge in [0.25, 0.3) is 0 Å². The molecule has 0 unspecified atom stereocenters. The van der Waals surface area contributed by atoms with Crippen molar-refractivity contribution in [1.29, 1.82) is 0 Å². The number of pyridine rings is 1. The molecule has 4 nitrogen and oxygen atoms in total. The number of benzene rings is 1.